The third-order valence-corrected chi connectivity index (χ3v) is 8.52. The minimum Gasteiger partial charge on any atom is -0.372 e. The molecule has 0 atom stereocenters. The molecule has 2 amide bonds. The summed E-state index contributed by atoms with van der Waals surface area (Å²) in [5.41, 5.74) is 4.71. The van der Waals surface area contributed by atoms with Gasteiger partial charge in [0.05, 0.1) is 11.2 Å². The number of hydrogen-bond donors (Lipinski definition) is 1. The third kappa shape index (κ3) is 5.88. The van der Waals surface area contributed by atoms with Crippen LogP contribution in [0, 0.1) is 12.8 Å². The number of fused-ring (bicyclic) bond motifs is 1. The third-order valence-electron chi connectivity index (χ3n) is 8.52. The molecule has 0 aliphatic carbocycles. The maximum absolute atomic E-state index is 11.8. The van der Waals surface area contributed by atoms with Gasteiger partial charge in [0.15, 0.2) is 0 Å². The summed E-state index contributed by atoms with van der Waals surface area (Å²) < 4.78 is 2.40. The Morgan fingerprint density at radius 1 is 1.00 bits per heavy atom. The Hall–Kier alpha value is -3.32. The van der Waals surface area contributed by atoms with Gasteiger partial charge in [-0.2, -0.15) is 0 Å². The van der Waals surface area contributed by atoms with Gasteiger partial charge >= 0.3 is 0 Å². The Morgan fingerprint density at radius 2 is 1.74 bits per heavy atom. The van der Waals surface area contributed by atoms with Gasteiger partial charge in [-0.1, -0.05) is 23.8 Å². The van der Waals surface area contributed by atoms with Gasteiger partial charge in [-0.3, -0.25) is 9.59 Å². The molecule has 0 saturated carbocycles. The summed E-state index contributed by atoms with van der Waals surface area (Å²) in [6.07, 6.45) is 8.12. The molecule has 202 valence electrons. The zero-order valence-electron chi connectivity index (χ0n) is 22.8. The van der Waals surface area contributed by atoms with Crippen molar-refractivity contribution in [3.63, 3.8) is 0 Å². The number of benzene rings is 2. The van der Waals surface area contributed by atoms with Gasteiger partial charge in [-0.05, 0) is 68.9 Å². The number of piperidine rings is 2. The van der Waals surface area contributed by atoms with Gasteiger partial charge in [-0.15, -0.1) is 0 Å². The van der Waals surface area contributed by atoms with Crippen molar-refractivity contribution < 1.29 is 9.59 Å². The number of aromatic nitrogens is 1. The molecule has 2 aliphatic rings. The number of nitrogens with zero attached hydrogens (tertiary/aromatic N) is 4. The first kappa shape index (κ1) is 26.3. The van der Waals surface area contributed by atoms with Crippen molar-refractivity contribution in [2.45, 2.75) is 45.1 Å². The van der Waals surface area contributed by atoms with Gasteiger partial charge in [0.1, 0.15) is 0 Å². The van der Waals surface area contributed by atoms with E-state index in [1.807, 2.05) is 12.1 Å². The fourth-order valence-electron chi connectivity index (χ4n) is 6.19. The van der Waals surface area contributed by atoms with Crippen LogP contribution < -0.4 is 15.1 Å². The van der Waals surface area contributed by atoms with E-state index >= 15 is 0 Å². The molecule has 7 heteroatoms. The lowest BCUT2D eigenvalue weighted by Crippen LogP contribution is -2.41. The first-order valence-electron chi connectivity index (χ1n) is 14.1. The molecule has 3 aromatic rings. The molecule has 0 bridgehead atoms. The highest BCUT2D eigenvalue weighted by atomic mass is 16.2. The fraction of sp³-hybridized carbons (Fsp3) is 0.484. The summed E-state index contributed by atoms with van der Waals surface area (Å²) in [5.74, 6) is 0.720. The average Bonchev–Trinajstić information content (AvgIpc) is 3.39. The van der Waals surface area contributed by atoms with Crippen molar-refractivity contribution >= 4 is 34.6 Å². The van der Waals surface area contributed by atoms with E-state index < -0.39 is 0 Å². The Kier molecular flexibility index (Phi) is 8.32. The summed E-state index contributed by atoms with van der Waals surface area (Å²) in [6.45, 7) is 8.31. The van der Waals surface area contributed by atoms with E-state index in [1.54, 1.807) is 11.9 Å². The Labute approximate surface area is 226 Å². The standard InChI is InChI=1S/C31H41N5O2/c1-24-6-8-26(9-7-24)34-18-10-25(11-19-34)22-33-16-12-27(13-17-33)36-21-14-28-29(4-3-5-30(28)36)35(23-37)20-15-31(38)32-2/h3-9,14,21,23,25,27H,10-13,15-20,22H2,1-2H3,(H,32,38). The maximum atomic E-state index is 11.8. The lowest BCUT2D eigenvalue weighted by Gasteiger charge is -2.38. The minimum absolute atomic E-state index is 0.0647. The largest absolute Gasteiger partial charge is 0.372 e. The number of rotatable bonds is 9. The van der Waals surface area contributed by atoms with Crippen molar-refractivity contribution in [2.75, 3.05) is 56.1 Å². The number of carbonyl (C=O) groups excluding carboxylic acids is 2. The predicted octanol–water partition coefficient (Wildman–Crippen LogP) is 4.60. The molecule has 5 rings (SSSR count). The molecule has 2 aliphatic heterocycles. The van der Waals surface area contributed by atoms with Crippen LogP contribution in [0.15, 0.2) is 54.7 Å². The van der Waals surface area contributed by atoms with Crippen LogP contribution in [0.3, 0.4) is 0 Å². The molecule has 1 aromatic heterocycles. The number of aryl methyl sites for hydroxylation is 1. The second-order valence-corrected chi connectivity index (χ2v) is 11.0. The summed E-state index contributed by atoms with van der Waals surface area (Å²) in [5, 5.41) is 3.70. The molecule has 2 saturated heterocycles. The zero-order valence-corrected chi connectivity index (χ0v) is 22.8. The normalized spacial score (nSPS) is 17.6. The van der Waals surface area contributed by atoms with Crippen LogP contribution in [0.4, 0.5) is 11.4 Å². The summed E-state index contributed by atoms with van der Waals surface area (Å²) >= 11 is 0. The highest BCUT2D eigenvalue weighted by molar-refractivity contribution is 5.97. The van der Waals surface area contributed by atoms with Crippen LogP contribution in [-0.2, 0) is 9.59 Å². The van der Waals surface area contributed by atoms with E-state index in [0.29, 0.717) is 12.6 Å². The fourth-order valence-corrected chi connectivity index (χ4v) is 6.19. The van der Waals surface area contributed by atoms with Crippen LogP contribution in [-0.4, -0.2) is 68.1 Å². The summed E-state index contributed by atoms with van der Waals surface area (Å²) in [6, 6.07) is 17.7. The monoisotopic (exact) mass is 515 g/mol. The topological polar surface area (TPSA) is 60.8 Å². The molecule has 0 radical (unpaired) electrons. The van der Waals surface area contributed by atoms with E-state index in [0.717, 1.165) is 67.9 Å². The van der Waals surface area contributed by atoms with Gasteiger partial charge < -0.3 is 24.6 Å². The smallest absolute Gasteiger partial charge is 0.221 e. The molecule has 0 unspecified atom stereocenters. The maximum Gasteiger partial charge on any atom is 0.221 e. The number of hydrogen-bond acceptors (Lipinski definition) is 4. The van der Waals surface area contributed by atoms with Crippen molar-refractivity contribution in [2.24, 2.45) is 5.92 Å². The number of likely N-dealkylation sites (tertiary alicyclic amines) is 1. The van der Waals surface area contributed by atoms with Gasteiger partial charge in [0.25, 0.3) is 0 Å². The molecule has 1 N–H and O–H groups in total. The highest BCUT2D eigenvalue weighted by Gasteiger charge is 2.26. The van der Waals surface area contributed by atoms with Gasteiger partial charge in [-0.25, -0.2) is 0 Å². The second kappa shape index (κ2) is 12.0. The van der Waals surface area contributed by atoms with Crippen LogP contribution in [0.1, 0.15) is 43.7 Å². The first-order chi connectivity index (χ1) is 18.6. The molecular weight excluding hydrogens is 474 g/mol. The Balaban J connectivity index is 1.15. The molecule has 2 fully saturated rings. The van der Waals surface area contributed by atoms with Crippen LogP contribution in [0.25, 0.3) is 10.9 Å². The molecule has 3 heterocycles. The van der Waals surface area contributed by atoms with E-state index in [1.165, 1.54) is 30.6 Å². The SMILES string of the molecule is CNC(=O)CCN(C=O)c1cccc2c1ccn2C1CCN(CC2CCN(c3ccc(C)cc3)CC2)CC1. The van der Waals surface area contributed by atoms with Crippen LogP contribution >= 0.6 is 0 Å². The number of carbonyl (C=O) groups is 2. The van der Waals surface area contributed by atoms with Crippen molar-refractivity contribution in [1.29, 1.82) is 0 Å². The molecule has 2 aromatic carbocycles. The molecule has 38 heavy (non-hydrogen) atoms. The second-order valence-electron chi connectivity index (χ2n) is 11.0. The van der Waals surface area contributed by atoms with E-state index in [4.69, 9.17) is 0 Å². The Morgan fingerprint density at radius 3 is 2.42 bits per heavy atom. The van der Waals surface area contributed by atoms with E-state index in [-0.39, 0.29) is 12.3 Å². The first-order valence-corrected chi connectivity index (χ1v) is 14.1. The molecular formula is C31H41N5O2. The van der Waals surface area contributed by atoms with Crippen molar-refractivity contribution in [1.82, 2.24) is 14.8 Å². The van der Waals surface area contributed by atoms with E-state index in [9.17, 15) is 9.59 Å². The lowest BCUT2D eigenvalue weighted by atomic mass is 9.94. The lowest BCUT2D eigenvalue weighted by molar-refractivity contribution is -0.120. The predicted molar refractivity (Wildman–Crippen MR) is 155 cm³/mol. The average molecular weight is 516 g/mol. The quantitative estimate of drug-likeness (QED) is 0.423. The van der Waals surface area contributed by atoms with Gasteiger partial charge in [0.2, 0.25) is 12.3 Å². The van der Waals surface area contributed by atoms with Crippen LogP contribution in [0.2, 0.25) is 0 Å². The van der Waals surface area contributed by atoms with Crippen molar-refractivity contribution in [3.8, 4) is 0 Å². The minimum atomic E-state index is -0.0647. The highest BCUT2D eigenvalue weighted by Crippen LogP contribution is 2.33. The Bertz CT molecular complexity index is 1220. The van der Waals surface area contributed by atoms with Crippen LogP contribution in [0.5, 0.6) is 0 Å². The summed E-state index contributed by atoms with van der Waals surface area (Å²) in [7, 11) is 1.62. The van der Waals surface area contributed by atoms with E-state index in [2.05, 4.69) is 69.2 Å². The van der Waals surface area contributed by atoms with Crippen molar-refractivity contribution in [3.05, 3.63) is 60.3 Å². The van der Waals surface area contributed by atoms with Gasteiger partial charge in [0, 0.05) is 76.0 Å². The number of nitrogens with one attached hydrogen (secondary N) is 1. The molecule has 0 spiro atoms. The number of amides is 2. The zero-order chi connectivity index (χ0) is 26.5. The summed E-state index contributed by atoms with van der Waals surface area (Å²) in [4.78, 5) is 30.4. The molecule has 7 nitrogen and oxygen atoms in total. The number of anilines is 2.